The van der Waals surface area contributed by atoms with E-state index in [1.54, 1.807) is 13.8 Å². The fourth-order valence-corrected chi connectivity index (χ4v) is 1.46. The highest BCUT2D eigenvalue weighted by Crippen LogP contribution is 2.27. The SMILES string of the molecule is CCN(CC)C(Cl)(Cl)C(=O)OC(N)=O. The lowest BCUT2D eigenvalue weighted by atomic mass is 10.4. The van der Waals surface area contributed by atoms with Gasteiger partial charge in [0.15, 0.2) is 0 Å². The van der Waals surface area contributed by atoms with Gasteiger partial charge in [0.1, 0.15) is 0 Å². The number of hydrogen-bond acceptors (Lipinski definition) is 4. The van der Waals surface area contributed by atoms with Gasteiger partial charge in [-0.25, -0.2) is 9.59 Å². The molecule has 1 amide bonds. The maximum atomic E-state index is 11.2. The molecular weight excluding hydrogens is 231 g/mol. The van der Waals surface area contributed by atoms with Gasteiger partial charge < -0.3 is 10.5 Å². The molecule has 0 aliphatic carbocycles. The van der Waals surface area contributed by atoms with Crippen LogP contribution in [0.1, 0.15) is 13.8 Å². The van der Waals surface area contributed by atoms with Crippen LogP contribution < -0.4 is 5.73 Å². The Labute approximate surface area is 92.1 Å². The number of amides is 1. The Morgan fingerprint density at radius 1 is 1.36 bits per heavy atom. The molecule has 0 saturated heterocycles. The summed E-state index contributed by atoms with van der Waals surface area (Å²) in [6.45, 7) is 4.41. The van der Waals surface area contributed by atoms with Crippen LogP contribution in [-0.2, 0) is 9.53 Å². The van der Waals surface area contributed by atoms with Crippen molar-refractivity contribution in [2.24, 2.45) is 5.73 Å². The van der Waals surface area contributed by atoms with Gasteiger partial charge in [0.05, 0.1) is 0 Å². The number of halogens is 2. The first kappa shape index (κ1) is 13.5. The average molecular weight is 243 g/mol. The van der Waals surface area contributed by atoms with Crippen molar-refractivity contribution >= 4 is 35.3 Å². The van der Waals surface area contributed by atoms with Crippen LogP contribution in [0.4, 0.5) is 4.79 Å². The molecule has 2 N–H and O–H groups in total. The number of alkyl halides is 2. The van der Waals surface area contributed by atoms with Crippen LogP contribution in [0.25, 0.3) is 0 Å². The number of esters is 1. The molecule has 0 atom stereocenters. The van der Waals surface area contributed by atoms with E-state index in [1.165, 1.54) is 4.90 Å². The zero-order valence-electron chi connectivity index (χ0n) is 7.92. The van der Waals surface area contributed by atoms with Gasteiger partial charge >= 0.3 is 12.1 Å². The number of rotatable bonds is 4. The number of likely N-dealkylation sites (N-methyl/N-ethyl adjacent to an activating group) is 1. The minimum Gasteiger partial charge on any atom is -0.373 e. The monoisotopic (exact) mass is 242 g/mol. The van der Waals surface area contributed by atoms with E-state index in [2.05, 4.69) is 10.5 Å². The van der Waals surface area contributed by atoms with Crippen molar-refractivity contribution in [2.45, 2.75) is 18.3 Å². The molecule has 0 unspecified atom stereocenters. The smallest absolute Gasteiger partial charge is 0.373 e. The van der Waals surface area contributed by atoms with Gasteiger partial charge in [-0.3, -0.25) is 4.90 Å². The second-order valence-corrected chi connectivity index (χ2v) is 3.71. The molecule has 82 valence electrons. The third-order valence-electron chi connectivity index (χ3n) is 1.60. The van der Waals surface area contributed by atoms with E-state index in [4.69, 9.17) is 23.2 Å². The van der Waals surface area contributed by atoms with Crippen LogP contribution in [0.2, 0.25) is 0 Å². The van der Waals surface area contributed by atoms with Crippen molar-refractivity contribution in [2.75, 3.05) is 13.1 Å². The highest BCUT2D eigenvalue weighted by Gasteiger charge is 2.41. The van der Waals surface area contributed by atoms with Gasteiger partial charge in [0.2, 0.25) is 0 Å². The quantitative estimate of drug-likeness (QED) is 0.347. The number of ether oxygens (including phenoxy) is 1. The molecule has 7 heteroatoms. The van der Waals surface area contributed by atoms with Crippen molar-refractivity contribution in [1.29, 1.82) is 0 Å². The van der Waals surface area contributed by atoms with Crippen LogP contribution in [0.3, 0.4) is 0 Å². The van der Waals surface area contributed by atoms with Crippen molar-refractivity contribution in [3.63, 3.8) is 0 Å². The van der Waals surface area contributed by atoms with E-state index in [-0.39, 0.29) is 0 Å². The van der Waals surface area contributed by atoms with Crippen molar-refractivity contribution < 1.29 is 14.3 Å². The molecule has 0 spiro atoms. The van der Waals surface area contributed by atoms with E-state index in [1.807, 2.05) is 0 Å². The lowest BCUT2D eigenvalue weighted by Crippen LogP contribution is -2.47. The largest absolute Gasteiger partial charge is 0.412 e. The lowest BCUT2D eigenvalue weighted by Gasteiger charge is -2.29. The summed E-state index contributed by atoms with van der Waals surface area (Å²) in [5.41, 5.74) is 4.66. The molecular formula is C7H12Cl2N2O3. The van der Waals surface area contributed by atoms with Crippen molar-refractivity contribution in [1.82, 2.24) is 4.90 Å². The summed E-state index contributed by atoms with van der Waals surface area (Å²) in [5.74, 6) is -1.09. The van der Waals surface area contributed by atoms with Gasteiger partial charge in [0, 0.05) is 0 Å². The molecule has 0 rings (SSSR count). The fourth-order valence-electron chi connectivity index (χ4n) is 0.903. The maximum absolute atomic E-state index is 11.2. The predicted molar refractivity (Wildman–Crippen MR) is 53.0 cm³/mol. The lowest BCUT2D eigenvalue weighted by molar-refractivity contribution is -0.141. The Balaban J connectivity index is 4.57. The third kappa shape index (κ3) is 3.32. The number of hydrogen-bond donors (Lipinski definition) is 1. The van der Waals surface area contributed by atoms with Gasteiger partial charge in [-0.2, -0.15) is 0 Å². The summed E-state index contributed by atoms with van der Waals surface area (Å²) in [7, 11) is 0. The van der Waals surface area contributed by atoms with Crippen LogP contribution in [0.15, 0.2) is 0 Å². The first-order valence-corrected chi connectivity index (χ1v) is 4.76. The molecule has 0 aliphatic rings. The zero-order valence-corrected chi connectivity index (χ0v) is 9.43. The molecule has 0 fully saturated rings. The number of primary amides is 1. The Hall–Kier alpha value is -0.520. The molecule has 0 heterocycles. The topological polar surface area (TPSA) is 72.6 Å². The number of nitrogens with two attached hydrogens (primary N) is 1. The Kier molecular flexibility index (Phi) is 5.18. The first-order chi connectivity index (χ1) is 6.36. The van der Waals surface area contributed by atoms with Gasteiger partial charge in [0.25, 0.3) is 4.46 Å². The van der Waals surface area contributed by atoms with E-state index in [0.717, 1.165) is 0 Å². The minimum atomic E-state index is -1.88. The number of carbonyl (C=O) groups is 2. The molecule has 0 aromatic carbocycles. The average Bonchev–Trinajstić information content (AvgIpc) is 2.04. The summed E-state index contributed by atoms with van der Waals surface area (Å²) in [5, 5.41) is 0. The van der Waals surface area contributed by atoms with Crippen LogP contribution in [0, 0.1) is 0 Å². The molecule has 0 saturated carbocycles. The molecule has 0 aliphatic heterocycles. The van der Waals surface area contributed by atoms with Gasteiger partial charge in [-0.05, 0) is 13.1 Å². The molecule has 0 bridgehead atoms. The van der Waals surface area contributed by atoms with Crippen LogP contribution in [-0.4, -0.2) is 34.5 Å². The highest BCUT2D eigenvalue weighted by molar-refractivity contribution is 6.57. The molecule has 0 aromatic heterocycles. The second-order valence-electron chi connectivity index (χ2n) is 2.42. The number of carbonyl (C=O) groups excluding carboxylic acids is 2. The third-order valence-corrected chi connectivity index (χ3v) is 2.39. The summed E-state index contributed by atoms with van der Waals surface area (Å²) in [6.07, 6.45) is -1.23. The summed E-state index contributed by atoms with van der Waals surface area (Å²) >= 11 is 11.4. The molecule has 5 nitrogen and oxygen atoms in total. The van der Waals surface area contributed by atoms with Crippen LogP contribution in [0.5, 0.6) is 0 Å². The van der Waals surface area contributed by atoms with E-state index in [9.17, 15) is 9.59 Å². The normalized spacial score (nSPS) is 11.5. The van der Waals surface area contributed by atoms with Crippen LogP contribution >= 0.6 is 23.2 Å². The van der Waals surface area contributed by atoms with E-state index < -0.39 is 16.5 Å². The standard InChI is InChI=1S/C7H12Cl2N2O3/c1-3-11(4-2)7(8,9)5(12)14-6(10)13/h3-4H2,1-2H3,(H2,10,13). The zero-order chi connectivity index (χ0) is 11.4. The van der Waals surface area contributed by atoms with Crippen molar-refractivity contribution in [3.05, 3.63) is 0 Å². The number of nitrogens with zero attached hydrogens (tertiary/aromatic N) is 1. The summed E-state index contributed by atoms with van der Waals surface area (Å²) in [6, 6.07) is 0. The van der Waals surface area contributed by atoms with Gasteiger partial charge in [-0.1, -0.05) is 37.0 Å². The van der Waals surface area contributed by atoms with Gasteiger partial charge in [-0.15, -0.1) is 0 Å². The highest BCUT2D eigenvalue weighted by atomic mass is 35.5. The van der Waals surface area contributed by atoms with Crippen molar-refractivity contribution in [3.8, 4) is 0 Å². The maximum Gasteiger partial charge on any atom is 0.412 e. The minimum absolute atomic E-state index is 0.442. The summed E-state index contributed by atoms with van der Waals surface area (Å²) in [4.78, 5) is 22.9. The second kappa shape index (κ2) is 5.38. The predicted octanol–water partition coefficient (Wildman–Crippen LogP) is 1.08. The molecule has 0 radical (unpaired) electrons. The molecule has 0 aromatic rings. The Morgan fingerprint density at radius 3 is 2.07 bits per heavy atom. The molecule has 14 heavy (non-hydrogen) atoms. The van der Waals surface area contributed by atoms with E-state index in [0.29, 0.717) is 13.1 Å². The van der Waals surface area contributed by atoms with E-state index >= 15 is 0 Å². The first-order valence-electron chi connectivity index (χ1n) is 4.00. The Morgan fingerprint density at radius 2 is 1.79 bits per heavy atom. The summed E-state index contributed by atoms with van der Waals surface area (Å²) < 4.78 is 2.22. The Bertz CT molecular complexity index is 229. The fraction of sp³-hybridized carbons (Fsp3) is 0.714.